The molecule has 154 valence electrons. The molecule has 2 aromatic carbocycles. The summed E-state index contributed by atoms with van der Waals surface area (Å²) in [6, 6.07) is 9.33. The summed E-state index contributed by atoms with van der Waals surface area (Å²) in [5, 5.41) is 10.7. The normalized spacial score (nSPS) is 24.9. The van der Waals surface area contributed by atoms with Crippen molar-refractivity contribution in [2.24, 2.45) is 0 Å². The predicted molar refractivity (Wildman–Crippen MR) is 106 cm³/mol. The highest BCUT2D eigenvalue weighted by Crippen LogP contribution is 2.38. The third-order valence-corrected chi connectivity index (χ3v) is 6.15. The van der Waals surface area contributed by atoms with Gasteiger partial charge in [-0.15, -0.1) is 0 Å². The molecule has 0 aromatic heterocycles. The first-order valence-corrected chi connectivity index (χ1v) is 9.84. The fourth-order valence-corrected chi connectivity index (χ4v) is 3.72. The van der Waals surface area contributed by atoms with Gasteiger partial charge >= 0.3 is 7.12 Å². The summed E-state index contributed by atoms with van der Waals surface area (Å²) in [5.74, 6) is -1.18. The van der Waals surface area contributed by atoms with Crippen LogP contribution in [0.5, 0.6) is 5.75 Å². The van der Waals surface area contributed by atoms with E-state index in [1.165, 1.54) is 12.1 Å². The van der Waals surface area contributed by atoms with Crippen LogP contribution >= 0.6 is 0 Å². The van der Waals surface area contributed by atoms with Crippen LogP contribution in [0.3, 0.4) is 0 Å². The van der Waals surface area contributed by atoms with Gasteiger partial charge in [0, 0.05) is 18.4 Å². The molecule has 7 heteroatoms. The van der Waals surface area contributed by atoms with E-state index in [0.717, 1.165) is 11.5 Å². The lowest BCUT2D eigenvalue weighted by molar-refractivity contribution is 0.00578. The maximum Gasteiger partial charge on any atom is 0.494 e. The predicted octanol–water partition coefficient (Wildman–Crippen LogP) is 3.69. The zero-order valence-corrected chi connectivity index (χ0v) is 17.0. The number of aliphatic hydroxyl groups is 1. The summed E-state index contributed by atoms with van der Waals surface area (Å²) in [6.45, 7) is 7.97. The van der Waals surface area contributed by atoms with Crippen LogP contribution in [0.4, 0.5) is 8.78 Å². The van der Waals surface area contributed by atoms with Gasteiger partial charge in [0.1, 0.15) is 11.9 Å². The van der Waals surface area contributed by atoms with Crippen molar-refractivity contribution in [1.29, 1.82) is 0 Å². The lowest BCUT2D eigenvalue weighted by atomic mass is 9.77. The van der Waals surface area contributed by atoms with Crippen LogP contribution in [0.2, 0.25) is 0 Å². The maximum absolute atomic E-state index is 13.5. The second-order valence-electron chi connectivity index (χ2n) is 8.83. The van der Waals surface area contributed by atoms with E-state index in [2.05, 4.69) is 0 Å². The molecule has 4 rings (SSSR count). The molecule has 0 aliphatic carbocycles. The summed E-state index contributed by atoms with van der Waals surface area (Å²) in [6.07, 6.45) is -0.313. The molecule has 1 N–H and O–H groups in total. The van der Waals surface area contributed by atoms with Gasteiger partial charge in [-0.1, -0.05) is 18.2 Å². The van der Waals surface area contributed by atoms with E-state index >= 15 is 0 Å². The van der Waals surface area contributed by atoms with Gasteiger partial charge < -0.3 is 19.2 Å². The first-order chi connectivity index (χ1) is 13.6. The largest absolute Gasteiger partial charge is 0.494 e. The van der Waals surface area contributed by atoms with Crippen LogP contribution in [0, 0.1) is 11.6 Å². The molecule has 0 saturated carbocycles. The molecule has 2 atom stereocenters. The molecule has 1 saturated heterocycles. The number of benzene rings is 2. The summed E-state index contributed by atoms with van der Waals surface area (Å²) in [7, 11) is -0.516. The van der Waals surface area contributed by atoms with E-state index in [9.17, 15) is 13.9 Å². The van der Waals surface area contributed by atoms with Crippen molar-refractivity contribution >= 4 is 12.6 Å². The first-order valence-electron chi connectivity index (χ1n) is 9.84. The van der Waals surface area contributed by atoms with Crippen molar-refractivity contribution in [1.82, 2.24) is 0 Å². The first kappa shape index (κ1) is 20.3. The average molecular weight is 402 g/mol. The Kier molecular flexibility index (Phi) is 4.96. The zero-order chi connectivity index (χ0) is 21.0. The zero-order valence-electron chi connectivity index (χ0n) is 17.0. The van der Waals surface area contributed by atoms with Crippen LogP contribution in [0.1, 0.15) is 51.3 Å². The van der Waals surface area contributed by atoms with Gasteiger partial charge in [0.15, 0.2) is 11.6 Å². The van der Waals surface area contributed by atoms with E-state index in [0.29, 0.717) is 29.7 Å². The average Bonchev–Trinajstić information content (AvgIpc) is 2.85. The van der Waals surface area contributed by atoms with Crippen molar-refractivity contribution in [3.63, 3.8) is 0 Å². The topological polar surface area (TPSA) is 47.9 Å². The van der Waals surface area contributed by atoms with E-state index in [1.54, 1.807) is 6.07 Å². The van der Waals surface area contributed by atoms with Gasteiger partial charge in [0.05, 0.1) is 17.3 Å². The number of halogens is 2. The molecule has 29 heavy (non-hydrogen) atoms. The molecule has 0 spiro atoms. The van der Waals surface area contributed by atoms with Crippen molar-refractivity contribution < 1.29 is 27.9 Å². The Morgan fingerprint density at radius 3 is 2.34 bits per heavy atom. The molecular formula is C22H25BF2O4. The SMILES string of the molecule is CC1(C)OB(c2ccc3c(c2)[C@@H](O)C[C@@H](Cc2ccc(F)c(F)c2)O3)OC1(C)C. The van der Waals surface area contributed by atoms with E-state index < -0.39 is 36.1 Å². The fourth-order valence-electron chi connectivity index (χ4n) is 3.72. The minimum atomic E-state index is -0.883. The Morgan fingerprint density at radius 1 is 1.00 bits per heavy atom. The Bertz CT molecular complexity index is 915. The smallest absolute Gasteiger partial charge is 0.490 e. The Hall–Kier alpha value is -1.96. The minimum absolute atomic E-state index is 0.329. The second kappa shape index (κ2) is 7.08. The number of aliphatic hydroxyl groups excluding tert-OH is 1. The highest BCUT2D eigenvalue weighted by molar-refractivity contribution is 6.62. The maximum atomic E-state index is 13.5. The molecule has 1 fully saturated rings. The van der Waals surface area contributed by atoms with Gasteiger partial charge in [0.25, 0.3) is 0 Å². The van der Waals surface area contributed by atoms with Crippen LogP contribution < -0.4 is 10.2 Å². The quantitative estimate of drug-likeness (QED) is 0.796. The van der Waals surface area contributed by atoms with Crippen LogP contribution in [-0.2, 0) is 15.7 Å². The lowest BCUT2D eigenvalue weighted by Crippen LogP contribution is -2.41. The Labute approximate surface area is 169 Å². The number of hydrogen-bond acceptors (Lipinski definition) is 4. The summed E-state index contributed by atoms with van der Waals surface area (Å²) >= 11 is 0. The third kappa shape index (κ3) is 3.79. The molecule has 0 amide bonds. The molecule has 0 unspecified atom stereocenters. The van der Waals surface area contributed by atoms with Crippen LogP contribution in [0.15, 0.2) is 36.4 Å². The standard InChI is InChI=1S/C22H25BF2O4/c1-21(2)22(3,4)29-23(28-21)14-6-8-20-16(11-14)19(26)12-15(27-20)9-13-5-7-17(24)18(25)10-13/h5-8,10-11,15,19,26H,9,12H2,1-4H3/t15-,19+/m1/s1. The summed E-state index contributed by atoms with van der Waals surface area (Å²) in [4.78, 5) is 0. The summed E-state index contributed by atoms with van der Waals surface area (Å²) in [5.41, 5.74) is 1.23. The molecule has 4 nitrogen and oxygen atoms in total. The third-order valence-electron chi connectivity index (χ3n) is 6.15. The number of fused-ring (bicyclic) bond motifs is 1. The lowest BCUT2D eigenvalue weighted by Gasteiger charge is -2.32. The number of rotatable bonds is 3. The number of ether oxygens (including phenoxy) is 1. The molecule has 0 bridgehead atoms. The summed E-state index contributed by atoms with van der Waals surface area (Å²) < 4.78 is 44.8. The van der Waals surface area contributed by atoms with Crippen molar-refractivity contribution in [3.8, 4) is 5.75 Å². The van der Waals surface area contributed by atoms with Gasteiger partial charge in [-0.25, -0.2) is 8.78 Å². The molecule has 2 heterocycles. The molecular weight excluding hydrogens is 377 g/mol. The molecule has 0 radical (unpaired) electrons. The molecule has 2 aliphatic heterocycles. The minimum Gasteiger partial charge on any atom is -0.490 e. The van der Waals surface area contributed by atoms with Crippen LogP contribution in [0.25, 0.3) is 0 Å². The van der Waals surface area contributed by atoms with Gasteiger partial charge in [-0.05, 0) is 56.9 Å². The van der Waals surface area contributed by atoms with Crippen molar-refractivity contribution in [2.75, 3.05) is 0 Å². The second-order valence-corrected chi connectivity index (χ2v) is 8.83. The van der Waals surface area contributed by atoms with Crippen LogP contribution in [-0.4, -0.2) is 29.5 Å². The number of hydrogen-bond donors (Lipinski definition) is 1. The highest BCUT2D eigenvalue weighted by atomic mass is 19.2. The van der Waals surface area contributed by atoms with E-state index in [-0.39, 0.29) is 6.10 Å². The van der Waals surface area contributed by atoms with Gasteiger partial charge in [-0.2, -0.15) is 0 Å². The fraction of sp³-hybridized carbons (Fsp3) is 0.455. The molecule has 2 aliphatic rings. The van der Waals surface area contributed by atoms with E-state index in [4.69, 9.17) is 14.0 Å². The highest BCUT2D eigenvalue weighted by Gasteiger charge is 2.51. The van der Waals surface area contributed by atoms with Crippen molar-refractivity contribution in [3.05, 3.63) is 59.2 Å². The van der Waals surface area contributed by atoms with E-state index in [1.807, 2.05) is 39.8 Å². The van der Waals surface area contributed by atoms with Gasteiger partial charge in [0.2, 0.25) is 0 Å². The Balaban J connectivity index is 1.52. The van der Waals surface area contributed by atoms with Crippen molar-refractivity contribution in [2.45, 2.75) is 63.9 Å². The monoisotopic (exact) mass is 402 g/mol. The molecule has 2 aromatic rings. The van der Waals surface area contributed by atoms with Gasteiger partial charge in [-0.3, -0.25) is 0 Å². The Morgan fingerprint density at radius 2 is 1.69 bits per heavy atom.